The number of anilines is 1. The van der Waals surface area contributed by atoms with Gasteiger partial charge in [-0.2, -0.15) is 0 Å². The van der Waals surface area contributed by atoms with E-state index in [0.29, 0.717) is 6.54 Å². The van der Waals surface area contributed by atoms with Crippen molar-refractivity contribution in [3.63, 3.8) is 0 Å². The Kier molecular flexibility index (Phi) is 5.01. The molecule has 1 atom stereocenters. The van der Waals surface area contributed by atoms with Crippen LogP contribution in [0.5, 0.6) is 5.75 Å². The van der Waals surface area contributed by atoms with Gasteiger partial charge in [0.1, 0.15) is 11.9 Å². The zero-order chi connectivity index (χ0) is 18.5. The molecule has 1 aliphatic rings. The topological polar surface area (TPSA) is 63.2 Å². The average molecular weight is 359 g/mol. The van der Waals surface area contributed by atoms with Crippen molar-refractivity contribution in [1.82, 2.24) is 10.3 Å². The van der Waals surface area contributed by atoms with E-state index in [0.717, 1.165) is 29.8 Å². The lowest BCUT2D eigenvalue weighted by molar-refractivity contribution is 0.177. The van der Waals surface area contributed by atoms with Crippen molar-refractivity contribution in [2.24, 2.45) is 0 Å². The molecule has 0 aliphatic carbocycles. The number of benzene rings is 2. The van der Waals surface area contributed by atoms with Crippen molar-refractivity contribution in [2.45, 2.75) is 25.5 Å². The first-order chi connectivity index (χ1) is 13.3. The Morgan fingerprint density at radius 2 is 1.89 bits per heavy atom. The highest BCUT2D eigenvalue weighted by Crippen LogP contribution is 2.36. The third-order valence-electron chi connectivity index (χ3n) is 4.64. The summed E-state index contributed by atoms with van der Waals surface area (Å²) < 4.78 is 6.19. The highest BCUT2D eigenvalue weighted by Gasteiger charge is 2.21. The lowest BCUT2D eigenvalue weighted by Crippen LogP contribution is -2.28. The van der Waals surface area contributed by atoms with E-state index >= 15 is 0 Å². The molecule has 0 saturated heterocycles. The van der Waals surface area contributed by atoms with Gasteiger partial charge in [-0.3, -0.25) is 4.98 Å². The van der Waals surface area contributed by atoms with E-state index in [-0.39, 0.29) is 12.1 Å². The van der Waals surface area contributed by atoms with E-state index in [4.69, 9.17) is 4.74 Å². The van der Waals surface area contributed by atoms with Crippen LogP contribution in [0, 0.1) is 0 Å². The zero-order valence-corrected chi connectivity index (χ0v) is 14.9. The van der Waals surface area contributed by atoms with Crippen LogP contribution < -0.4 is 15.4 Å². The van der Waals surface area contributed by atoms with Crippen molar-refractivity contribution in [2.75, 3.05) is 5.32 Å². The minimum absolute atomic E-state index is 0.0504. The first-order valence-electron chi connectivity index (χ1n) is 9.06. The number of pyridine rings is 1. The molecule has 2 amide bonds. The van der Waals surface area contributed by atoms with Crippen LogP contribution in [-0.2, 0) is 13.0 Å². The smallest absolute Gasteiger partial charge is 0.319 e. The fraction of sp³-hybridized carbons (Fsp3) is 0.182. The Hall–Kier alpha value is -3.34. The zero-order valence-electron chi connectivity index (χ0n) is 14.9. The first-order valence-corrected chi connectivity index (χ1v) is 9.06. The fourth-order valence-corrected chi connectivity index (χ4v) is 3.21. The molecule has 0 radical (unpaired) electrons. The first kappa shape index (κ1) is 17.1. The van der Waals surface area contributed by atoms with Crippen LogP contribution in [0.4, 0.5) is 10.5 Å². The van der Waals surface area contributed by atoms with Gasteiger partial charge in [0, 0.05) is 30.7 Å². The number of nitrogens with zero attached hydrogens (tertiary/aromatic N) is 1. The van der Waals surface area contributed by atoms with Crippen molar-refractivity contribution < 1.29 is 9.53 Å². The number of carbonyl (C=O) groups is 1. The summed E-state index contributed by atoms with van der Waals surface area (Å²) >= 11 is 0. The Morgan fingerprint density at radius 3 is 2.70 bits per heavy atom. The lowest BCUT2D eigenvalue weighted by atomic mass is 9.97. The SMILES string of the molecule is O=C(NCc1ccncc1)Nc1ccc2c(c1)OC(c1ccccc1)CC2. The standard InChI is InChI=1S/C22H21N3O2/c26-22(24-15-16-10-12-23-13-11-16)25-19-8-6-18-7-9-20(27-21(18)14-19)17-4-2-1-3-5-17/h1-6,8,10-14,20H,7,9,15H2,(H2,24,25,26). The molecule has 3 aromatic rings. The summed E-state index contributed by atoms with van der Waals surface area (Å²) in [5.41, 5.74) is 4.07. The van der Waals surface area contributed by atoms with Gasteiger partial charge >= 0.3 is 6.03 Å². The maximum atomic E-state index is 12.2. The van der Waals surface area contributed by atoms with Crippen LogP contribution in [0.1, 0.15) is 29.2 Å². The highest BCUT2D eigenvalue weighted by atomic mass is 16.5. The largest absolute Gasteiger partial charge is 0.485 e. The summed E-state index contributed by atoms with van der Waals surface area (Å²) in [6, 6.07) is 19.6. The second kappa shape index (κ2) is 7.91. The van der Waals surface area contributed by atoms with Gasteiger partial charge in [0.25, 0.3) is 0 Å². The van der Waals surface area contributed by atoms with Crippen LogP contribution in [0.2, 0.25) is 0 Å². The second-order valence-electron chi connectivity index (χ2n) is 6.54. The van der Waals surface area contributed by atoms with Gasteiger partial charge in [-0.15, -0.1) is 0 Å². The lowest BCUT2D eigenvalue weighted by Gasteiger charge is -2.27. The highest BCUT2D eigenvalue weighted by molar-refractivity contribution is 5.89. The second-order valence-corrected chi connectivity index (χ2v) is 6.54. The average Bonchev–Trinajstić information content (AvgIpc) is 2.73. The van der Waals surface area contributed by atoms with Gasteiger partial charge in [-0.05, 0) is 47.7 Å². The number of aromatic nitrogens is 1. The maximum absolute atomic E-state index is 12.2. The number of nitrogens with one attached hydrogen (secondary N) is 2. The van der Waals surface area contributed by atoms with Gasteiger partial charge in [-0.25, -0.2) is 4.79 Å². The molecule has 27 heavy (non-hydrogen) atoms. The van der Waals surface area contributed by atoms with E-state index in [9.17, 15) is 4.79 Å². The molecule has 0 saturated carbocycles. The Bertz CT molecular complexity index is 913. The monoisotopic (exact) mass is 359 g/mol. The Morgan fingerprint density at radius 1 is 1.07 bits per heavy atom. The number of carbonyl (C=O) groups excluding carboxylic acids is 1. The molecule has 1 aromatic heterocycles. The minimum atomic E-state index is -0.248. The number of hydrogen-bond acceptors (Lipinski definition) is 3. The van der Waals surface area contributed by atoms with E-state index in [2.05, 4.69) is 27.8 Å². The maximum Gasteiger partial charge on any atom is 0.319 e. The molecule has 2 N–H and O–H groups in total. The number of rotatable bonds is 4. The summed E-state index contributed by atoms with van der Waals surface area (Å²) in [6.45, 7) is 0.450. The van der Waals surface area contributed by atoms with Gasteiger partial charge in [0.15, 0.2) is 0 Å². The quantitative estimate of drug-likeness (QED) is 0.722. The van der Waals surface area contributed by atoms with Crippen molar-refractivity contribution in [3.05, 3.63) is 89.7 Å². The molecule has 5 heteroatoms. The summed E-state index contributed by atoms with van der Waals surface area (Å²) in [4.78, 5) is 16.1. The van der Waals surface area contributed by atoms with E-state index < -0.39 is 0 Å². The Balaban J connectivity index is 1.40. The minimum Gasteiger partial charge on any atom is -0.485 e. The van der Waals surface area contributed by atoms with E-state index in [1.165, 1.54) is 11.1 Å². The molecular formula is C22H21N3O2. The van der Waals surface area contributed by atoms with Crippen molar-refractivity contribution in [1.29, 1.82) is 0 Å². The molecule has 0 bridgehead atoms. The number of fused-ring (bicyclic) bond motifs is 1. The molecule has 4 rings (SSSR count). The molecular weight excluding hydrogens is 338 g/mol. The number of urea groups is 1. The van der Waals surface area contributed by atoms with Crippen LogP contribution in [0.25, 0.3) is 0 Å². The van der Waals surface area contributed by atoms with Gasteiger partial charge in [-0.1, -0.05) is 36.4 Å². The number of aryl methyl sites for hydroxylation is 1. The van der Waals surface area contributed by atoms with Crippen molar-refractivity contribution in [3.8, 4) is 5.75 Å². The Labute approximate surface area is 158 Å². The third kappa shape index (κ3) is 4.26. The van der Waals surface area contributed by atoms with Gasteiger partial charge < -0.3 is 15.4 Å². The summed E-state index contributed by atoms with van der Waals surface area (Å²) in [5.74, 6) is 0.835. The van der Waals surface area contributed by atoms with Crippen LogP contribution in [0.3, 0.4) is 0 Å². The molecule has 0 spiro atoms. The molecule has 136 valence electrons. The molecule has 1 aliphatic heterocycles. The summed E-state index contributed by atoms with van der Waals surface area (Å²) in [6.07, 6.45) is 5.38. The van der Waals surface area contributed by atoms with Crippen LogP contribution in [0.15, 0.2) is 73.1 Å². The fourth-order valence-electron chi connectivity index (χ4n) is 3.21. The summed E-state index contributed by atoms with van der Waals surface area (Å²) in [5, 5.41) is 5.71. The van der Waals surface area contributed by atoms with E-state index in [1.807, 2.05) is 48.5 Å². The predicted molar refractivity (Wildman–Crippen MR) is 105 cm³/mol. The molecule has 1 unspecified atom stereocenters. The third-order valence-corrected chi connectivity index (χ3v) is 4.64. The van der Waals surface area contributed by atoms with Crippen molar-refractivity contribution >= 4 is 11.7 Å². The van der Waals surface area contributed by atoms with Crippen LogP contribution in [-0.4, -0.2) is 11.0 Å². The molecule has 2 heterocycles. The predicted octanol–water partition coefficient (Wildman–Crippen LogP) is 4.47. The molecule has 2 aromatic carbocycles. The van der Waals surface area contributed by atoms with E-state index in [1.54, 1.807) is 12.4 Å². The molecule has 5 nitrogen and oxygen atoms in total. The molecule has 0 fully saturated rings. The number of hydrogen-bond donors (Lipinski definition) is 2. The van der Waals surface area contributed by atoms with Gasteiger partial charge in [0.2, 0.25) is 0 Å². The van der Waals surface area contributed by atoms with Gasteiger partial charge in [0.05, 0.1) is 0 Å². The number of ether oxygens (including phenoxy) is 1. The number of amides is 2. The van der Waals surface area contributed by atoms with Crippen LogP contribution >= 0.6 is 0 Å². The normalized spacial score (nSPS) is 15.3. The summed E-state index contributed by atoms with van der Waals surface area (Å²) in [7, 11) is 0.